The zero-order chi connectivity index (χ0) is 17.9. The lowest BCUT2D eigenvalue weighted by Gasteiger charge is -2.28. The average molecular weight is 340 g/mol. The highest BCUT2D eigenvalue weighted by atomic mass is 16.5. The summed E-state index contributed by atoms with van der Waals surface area (Å²) in [5.74, 6) is 1.37. The molecular formula is C20H24N2O3. The molecule has 0 saturated heterocycles. The van der Waals surface area contributed by atoms with E-state index in [1.165, 1.54) is 0 Å². The Morgan fingerprint density at radius 3 is 2.28 bits per heavy atom. The number of benzene rings is 1. The molecule has 1 aromatic carbocycles. The van der Waals surface area contributed by atoms with E-state index >= 15 is 0 Å². The van der Waals surface area contributed by atoms with Gasteiger partial charge in [0.25, 0.3) is 0 Å². The van der Waals surface area contributed by atoms with E-state index in [9.17, 15) is 4.79 Å². The average Bonchev–Trinajstić information content (AvgIpc) is 3.14. The Morgan fingerprint density at radius 2 is 1.72 bits per heavy atom. The highest BCUT2D eigenvalue weighted by Crippen LogP contribution is 2.42. The van der Waals surface area contributed by atoms with Crippen LogP contribution in [0.2, 0.25) is 0 Å². The van der Waals surface area contributed by atoms with Crippen molar-refractivity contribution in [1.82, 2.24) is 4.98 Å². The van der Waals surface area contributed by atoms with Crippen LogP contribution in [0, 0.1) is 6.92 Å². The van der Waals surface area contributed by atoms with Gasteiger partial charge >= 0.3 is 0 Å². The van der Waals surface area contributed by atoms with Crippen LogP contribution in [0.25, 0.3) is 0 Å². The van der Waals surface area contributed by atoms with Crippen LogP contribution >= 0.6 is 0 Å². The van der Waals surface area contributed by atoms with E-state index in [0.29, 0.717) is 5.88 Å². The lowest BCUT2D eigenvalue weighted by Crippen LogP contribution is -2.38. The van der Waals surface area contributed by atoms with Gasteiger partial charge in [0.05, 0.1) is 31.0 Å². The summed E-state index contributed by atoms with van der Waals surface area (Å²) in [6, 6.07) is 11.4. The first-order valence-electron chi connectivity index (χ1n) is 8.57. The van der Waals surface area contributed by atoms with Crippen molar-refractivity contribution in [3.05, 3.63) is 47.7 Å². The molecule has 1 aromatic heterocycles. The Kier molecular flexibility index (Phi) is 4.93. The number of hydrogen-bond donors (Lipinski definition) is 1. The molecule has 0 bridgehead atoms. The molecule has 0 radical (unpaired) electrons. The van der Waals surface area contributed by atoms with E-state index in [1.807, 2.05) is 37.3 Å². The molecule has 5 heteroatoms. The molecule has 5 nitrogen and oxygen atoms in total. The minimum atomic E-state index is -0.487. The Labute approximate surface area is 148 Å². The minimum Gasteiger partial charge on any atom is -0.497 e. The van der Waals surface area contributed by atoms with Gasteiger partial charge in [-0.1, -0.05) is 25.0 Å². The smallest absolute Gasteiger partial charge is 0.235 e. The predicted molar refractivity (Wildman–Crippen MR) is 97.3 cm³/mol. The number of amides is 1. The number of pyridine rings is 1. The lowest BCUT2D eigenvalue weighted by molar-refractivity contribution is -0.121. The van der Waals surface area contributed by atoms with Gasteiger partial charge in [0, 0.05) is 6.07 Å². The van der Waals surface area contributed by atoms with E-state index in [2.05, 4.69) is 10.3 Å². The SMILES string of the molecule is COc1ccc(C2(C(=O)Nc3ccc(OC)nc3C)CCCC2)cc1. The fourth-order valence-corrected chi connectivity index (χ4v) is 3.56. The van der Waals surface area contributed by atoms with Crippen molar-refractivity contribution in [3.8, 4) is 11.6 Å². The first kappa shape index (κ1) is 17.3. The number of ether oxygens (including phenoxy) is 2. The number of nitrogens with zero attached hydrogens (tertiary/aromatic N) is 1. The van der Waals surface area contributed by atoms with Gasteiger partial charge in [0.15, 0.2) is 0 Å². The number of rotatable bonds is 5. The first-order chi connectivity index (χ1) is 12.1. The van der Waals surface area contributed by atoms with Gasteiger partial charge in [-0.2, -0.15) is 0 Å². The summed E-state index contributed by atoms with van der Waals surface area (Å²) in [4.78, 5) is 17.5. The molecule has 1 aliphatic carbocycles. The van der Waals surface area contributed by atoms with Crippen molar-refractivity contribution >= 4 is 11.6 Å². The molecule has 0 unspecified atom stereocenters. The van der Waals surface area contributed by atoms with E-state index < -0.39 is 5.41 Å². The third kappa shape index (κ3) is 3.31. The van der Waals surface area contributed by atoms with E-state index in [4.69, 9.17) is 9.47 Å². The van der Waals surface area contributed by atoms with Crippen molar-refractivity contribution < 1.29 is 14.3 Å². The van der Waals surface area contributed by atoms with Crippen LogP contribution in [0.1, 0.15) is 36.9 Å². The quantitative estimate of drug-likeness (QED) is 0.898. The van der Waals surface area contributed by atoms with Gasteiger partial charge in [-0.05, 0) is 43.5 Å². The first-order valence-corrected chi connectivity index (χ1v) is 8.57. The van der Waals surface area contributed by atoms with Crippen LogP contribution in [0.4, 0.5) is 5.69 Å². The lowest BCUT2D eigenvalue weighted by atomic mass is 9.78. The maximum absolute atomic E-state index is 13.2. The molecule has 1 amide bonds. The second-order valence-corrected chi connectivity index (χ2v) is 6.46. The highest BCUT2D eigenvalue weighted by Gasteiger charge is 2.42. The number of aromatic nitrogens is 1. The highest BCUT2D eigenvalue weighted by molar-refractivity contribution is 5.99. The molecule has 25 heavy (non-hydrogen) atoms. The zero-order valence-corrected chi connectivity index (χ0v) is 15.0. The molecule has 132 valence electrons. The van der Waals surface area contributed by atoms with E-state index in [-0.39, 0.29) is 5.91 Å². The summed E-state index contributed by atoms with van der Waals surface area (Å²) in [5, 5.41) is 3.08. The number of anilines is 1. The summed E-state index contributed by atoms with van der Waals surface area (Å²) < 4.78 is 10.4. The Bertz CT molecular complexity index is 750. The Morgan fingerprint density at radius 1 is 1.04 bits per heavy atom. The Hall–Kier alpha value is -2.56. The monoisotopic (exact) mass is 340 g/mol. The zero-order valence-electron chi connectivity index (χ0n) is 15.0. The maximum atomic E-state index is 13.2. The van der Waals surface area contributed by atoms with Crippen molar-refractivity contribution in [2.45, 2.75) is 38.0 Å². The number of nitrogens with one attached hydrogen (secondary N) is 1. The van der Waals surface area contributed by atoms with Gasteiger partial charge in [0.1, 0.15) is 5.75 Å². The standard InChI is InChI=1S/C20H24N2O3/c1-14-17(10-11-18(21-14)25-3)22-19(23)20(12-4-5-13-20)15-6-8-16(24-2)9-7-15/h6-11H,4-5,12-13H2,1-3H3,(H,22,23). The molecule has 1 fully saturated rings. The van der Waals surface area contributed by atoms with Crippen LogP contribution in [-0.2, 0) is 10.2 Å². The summed E-state index contributed by atoms with van der Waals surface area (Å²) in [6.07, 6.45) is 3.82. The molecule has 2 aromatic rings. The van der Waals surface area contributed by atoms with Gasteiger partial charge < -0.3 is 14.8 Å². The minimum absolute atomic E-state index is 0.0326. The fraction of sp³-hybridized carbons (Fsp3) is 0.400. The normalized spacial score (nSPS) is 15.6. The summed E-state index contributed by atoms with van der Waals surface area (Å²) in [5.41, 5.74) is 2.03. The molecule has 1 saturated carbocycles. The van der Waals surface area contributed by atoms with E-state index in [0.717, 1.165) is 48.4 Å². The van der Waals surface area contributed by atoms with Crippen LogP contribution in [0.15, 0.2) is 36.4 Å². The number of aryl methyl sites for hydroxylation is 1. The molecular weight excluding hydrogens is 316 g/mol. The number of hydrogen-bond acceptors (Lipinski definition) is 4. The third-order valence-electron chi connectivity index (χ3n) is 5.05. The maximum Gasteiger partial charge on any atom is 0.235 e. The van der Waals surface area contributed by atoms with Crippen LogP contribution in [0.5, 0.6) is 11.6 Å². The predicted octanol–water partition coefficient (Wildman–Crippen LogP) is 3.86. The summed E-state index contributed by atoms with van der Waals surface area (Å²) >= 11 is 0. The molecule has 0 atom stereocenters. The van der Waals surface area contributed by atoms with Crippen LogP contribution in [0.3, 0.4) is 0 Å². The van der Waals surface area contributed by atoms with Crippen molar-refractivity contribution in [1.29, 1.82) is 0 Å². The van der Waals surface area contributed by atoms with Crippen molar-refractivity contribution in [2.75, 3.05) is 19.5 Å². The molecule has 0 spiro atoms. The second kappa shape index (κ2) is 7.13. The van der Waals surface area contributed by atoms with E-state index in [1.54, 1.807) is 20.3 Å². The molecule has 0 aliphatic heterocycles. The van der Waals surface area contributed by atoms with Gasteiger partial charge in [-0.3, -0.25) is 4.79 Å². The van der Waals surface area contributed by atoms with Crippen molar-refractivity contribution in [2.24, 2.45) is 0 Å². The van der Waals surface area contributed by atoms with Crippen LogP contribution in [-0.4, -0.2) is 25.1 Å². The second-order valence-electron chi connectivity index (χ2n) is 6.46. The molecule has 1 aliphatic rings. The number of methoxy groups -OCH3 is 2. The van der Waals surface area contributed by atoms with Crippen LogP contribution < -0.4 is 14.8 Å². The summed E-state index contributed by atoms with van der Waals surface area (Å²) in [6.45, 7) is 1.87. The topological polar surface area (TPSA) is 60.5 Å². The number of carbonyl (C=O) groups is 1. The summed E-state index contributed by atoms with van der Waals surface area (Å²) in [7, 11) is 3.23. The van der Waals surface area contributed by atoms with Crippen molar-refractivity contribution in [3.63, 3.8) is 0 Å². The Balaban J connectivity index is 1.88. The number of carbonyl (C=O) groups excluding carboxylic acids is 1. The fourth-order valence-electron chi connectivity index (χ4n) is 3.56. The molecule has 1 heterocycles. The largest absolute Gasteiger partial charge is 0.497 e. The third-order valence-corrected chi connectivity index (χ3v) is 5.05. The van der Waals surface area contributed by atoms with Gasteiger partial charge in [-0.15, -0.1) is 0 Å². The molecule has 1 N–H and O–H groups in total. The van der Waals surface area contributed by atoms with Gasteiger partial charge in [-0.25, -0.2) is 4.98 Å². The molecule has 3 rings (SSSR count). The van der Waals surface area contributed by atoms with Gasteiger partial charge in [0.2, 0.25) is 11.8 Å².